The SMILES string of the molecule is O=C1CC[C@H](c2ccccc2)[C@@H]1CCCCc1ccccc1. The summed E-state index contributed by atoms with van der Waals surface area (Å²) in [6, 6.07) is 21.2. The monoisotopic (exact) mass is 292 g/mol. The highest BCUT2D eigenvalue weighted by molar-refractivity contribution is 5.84. The zero-order chi connectivity index (χ0) is 15.2. The average molecular weight is 292 g/mol. The molecule has 2 aromatic rings. The number of carbonyl (C=O) groups excluding carboxylic acids is 1. The van der Waals surface area contributed by atoms with Crippen LogP contribution in [-0.4, -0.2) is 5.78 Å². The molecule has 1 aliphatic carbocycles. The number of hydrogen-bond donors (Lipinski definition) is 0. The summed E-state index contributed by atoms with van der Waals surface area (Å²) in [5, 5.41) is 0. The molecule has 114 valence electrons. The molecule has 1 aliphatic rings. The molecule has 2 atom stereocenters. The van der Waals surface area contributed by atoms with Gasteiger partial charge in [0.25, 0.3) is 0 Å². The predicted octanol–water partition coefficient (Wildman–Crippen LogP) is 5.16. The minimum atomic E-state index is 0.248. The first kappa shape index (κ1) is 15.0. The minimum absolute atomic E-state index is 0.248. The molecule has 0 aliphatic heterocycles. The number of unbranched alkanes of at least 4 members (excludes halogenated alkanes) is 1. The highest BCUT2D eigenvalue weighted by Crippen LogP contribution is 2.40. The maximum atomic E-state index is 12.2. The molecule has 1 nitrogen and oxygen atoms in total. The van der Waals surface area contributed by atoms with Crippen LogP contribution in [0.3, 0.4) is 0 Å². The first-order valence-corrected chi connectivity index (χ1v) is 8.46. The summed E-state index contributed by atoms with van der Waals surface area (Å²) in [6.07, 6.45) is 6.29. The molecule has 22 heavy (non-hydrogen) atoms. The topological polar surface area (TPSA) is 17.1 Å². The highest BCUT2D eigenvalue weighted by Gasteiger charge is 2.34. The third kappa shape index (κ3) is 3.65. The Morgan fingerprint density at radius 2 is 1.55 bits per heavy atom. The fourth-order valence-corrected chi connectivity index (χ4v) is 3.71. The number of carbonyl (C=O) groups is 1. The predicted molar refractivity (Wildman–Crippen MR) is 90.9 cm³/mol. The van der Waals surface area contributed by atoms with Gasteiger partial charge in [0, 0.05) is 12.3 Å². The largest absolute Gasteiger partial charge is 0.299 e. The lowest BCUT2D eigenvalue weighted by Crippen LogP contribution is -2.13. The fourth-order valence-electron chi connectivity index (χ4n) is 3.71. The standard InChI is InChI=1S/C21H24O/c22-21-16-15-19(18-12-5-2-6-13-18)20(21)14-8-7-11-17-9-3-1-4-10-17/h1-6,9-10,12-13,19-20H,7-8,11,14-16H2/t19-,20+/m1/s1. The van der Waals surface area contributed by atoms with Gasteiger partial charge in [-0.05, 0) is 42.7 Å². The van der Waals surface area contributed by atoms with Crippen molar-refractivity contribution in [3.63, 3.8) is 0 Å². The van der Waals surface area contributed by atoms with E-state index in [2.05, 4.69) is 60.7 Å². The smallest absolute Gasteiger partial charge is 0.136 e. The van der Waals surface area contributed by atoms with Gasteiger partial charge < -0.3 is 0 Å². The molecule has 0 bridgehead atoms. The number of rotatable bonds is 6. The maximum Gasteiger partial charge on any atom is 0.136 e. The molecule has 1 heteroatoms. The molecule has 0 amide bonds. The Labute approximate surface area is 133 Å². The van der Waals surface area contributed by atoms with Crippen LogP contribution in [0.1, 0.15) is 49.1 Å². The molecule has 1 fully saturated rings. The van der Waals surface area contributed by atoms with E-state index in [1.165, 1.54) is 17.5 Å². The number of aryl methyl sites for hydroxylation is 1. The second-order valence-corrected chi connectivity index (χ2v) is 6.36. The summed E-state index contributed by atoms with van der Waals surface area (Å²) < 4.78 is 0. The Kier molecular flexibility index (Phi) is 5.05. The molecule has 0 N–H and O–H groups in total. The quantitative estimate of drug-likeness (QED) is 0.672. The van der Waals surface area contributed by atoms with Crippen molar-refractivity contribution in [3.8, 4) is 0 Å². The van der Waals surface area contributed by atoms with E-state index in [1.54, 1.807) is 0 Å². The van der Waals surface area contributed by atoms with E-state index in [-0.39, 0.29) is 5.92 Å². The normalized spacial score (nSPS) is 21.2. The van der Waals surface area contributed by atoms with E-state index >= 15 is 0 Å². The van der Waals surface area contributed by atoms with E-state index in [9.17, 15) is 4.79 Å². The van der Waals surface area contributed by atoms with Crippen LogP contribution < -0.4 is 0 Å². The number of Topliss-reactive ketones (excluding diaryl/α,β-unsaturated/α-hetero) is 1. The zero-order valence-electron chi connectivity index (χ0n) is 13.1. The molecule has 0 saturated heterocycles. The van der Waals surface area contributed by atoms with Crippen LogP contribution in [-0.2, 0) is 11.2 Å². The molecule has 3 rings (SSSR count). The van der Waals surface area contributed by atoms with Gasteiger partial charge in [-0.25, -0.2) is 0 Å². The third-order valence-corrected chi connectivity index (χ3v) is 4.90. The van der Waals surface area contributed by atoms with Crippen LogP contribution in [0.25, 0.3) is 0 Å². The van der Waals surface area contributed by atoms with Gasteiger partial charge >= 0.3 is 0 Å². The van der Waals surface area contributed by atoms with Gasteiger partial charge in [0.2, 0.25) is 0 Å². The van der Waals surface area contributed by atoms with E-state index in [4.69, 9.17) is 0 Å². The van der Waals surface area contributed by atoms with Crippen LogP contribution in [0.2, 0.25) is 0 Å². The molecule has 2 aromatic carbocycles. The van der Waals surface area contributed by atoms with Crippen molar-refractivity contribution in [3.05, 3.63) is 71.8 Å². The van der Waals surface area contributed by atoms with Crippen LogP contribution in [0, 0.1) is 5.92 Å². The summed E-state index contributed by atoms with van der Waals surface area (Å²) in [5.41, 5.74) is 2.75. The Morgan fingerprint density at radius 1 is 0.864 bits per heavy atom. The Hall–Kier alpha value is -1.89. The van der Waals surface area contributed by atoms with E-state index < -0.39 is 0 Å². The Bertz CT molecular complexity index is 588. The molecule has 1 saturated carbocycles. The molecule has 0 unspecified atom stereocenters. The average Bonchev–Trinajstić information content (AvgIpc) is 2.94. The number of benzene rings is 2. The van der Waals surface area contributed by atoms with Crippen LogP contribution >= 0.6 is 0 Å². The van der Waals surface area contributed by atoms with Gasteiger partial charge in [0.1, 0.15) is 5.78 Å². The molecule has 0 radical (unpaired) electrons. The second-order valence-electron chi connectivity index (χ2n) is 6.36. The minimum Gasteiger partial charge on any atom is -0.299 e. The maximum absolute atomic E-state index is 12.2. The van der Waals surface area contributed by atoms with Crippen LogP contribution in [0.15, 0.2) is 60.7 Å². The van der Waals surface area contributed by atoms with Crippen molar-refractivity contribution in [2.24, 2.45) is 5.92 Å². The first-order chi connectivity index (χ1) is 10.8. The van der Waals surface area contributed by atoms with Crippen molar-refractivity contribution in [1.29, 1.82) is 0 Å². The lowest BCUT2D eigenvalue weighted by atomic mass is 9.85. The van der Waals surface area contributed by atoms with Gasteiger partial charge in [0.05, 0.1) is 0 Å². The fraction of sp³-hybridized carbons (Fsp3) is 0.381. The molecule has 0 spiro atoms. The van der Waals surface area contributed by atoms with E-state index in [0.29, 0.717) is 11.7 Å². The summed E-state index contributed by atoms with van der Waals surface area (Å²) in [7, 11) is 0. The van der Waals surface area contributed by atoms with Crippen LogP contribution in [0.5, 0.6) is 0 Å². The lowest BCUT2D eigenvalue weighted by Gasteiger charge is -2.18. The lowest BCUT2D eigenvalue weighted by molar-refractivity contribution is -0.121. The second kappa shape index (κ2) is 7.40. The van der Waals surface area contributed by atoms with Gasteiger partial charge in [-0.2, -0.15) is 0 Å². The van der Waals surface area contributed by atoms with Crippen molar-refractivity contribution in [1.82, 2.24) is 0 Å². The van der Waals surface area contributed by atoms with Crippen molar-refractivity contribution < 1.29 is 4.79 Å². The Morgan fingerprint density at radius 3 is 2.27 bits per heavy atom. The zero-order valence-corrected chi connectivity index (χ0v) is 13.1. The van der Waals surface area contributed by atoms with Gasteiger partial charge in [-0.15, -0.1) is 0 Å². The van der Waals surface area contributed by atoms with Gasteiger partial charge in [-0.3, -0.25) is 4.79 Å². The summed E-state index contributed by atoms with van der Waals surface area (Å²) in [6.45, 7) is 0. The van der Waals surface area contributed by atoms with Crippen LogP contribution in [0.4, 0.5) is 0 Å². The number of ketones is 1. The molecule has 0 aromatic heterocycles. The summed E-state index contributed by atoms with van der Waals surface area (Å²) in [4.78, 5) is 12.2. The number of hydrogen-bond acceptors (Lipinski definition) is 1. The Balaban J connectivity index is 1.53. The van der Waals surface area contributed by atoms with Gasteiger partial charge in [0.15, 0.2) is 0 Å². The molecular weight excluding hydrogens is 268 g/mol. The third-order valence-electron chi connectivity index (χ3n) is 4.90. The molecule has 0 heterocycles. The van der Waals surface area contributed by atoms with E-state index in [1.807, 2.05) is 0 Å². The van der Waals surface area contributed by atoms with E-state index in [0.717, 1.165) is 32.1 Å². The summed E-state index contributed by atoms with van der Waals surface area (Å²) >= 11 is 0. The first-order valence-electron chi connectivity index (χ1n) is 8.46. The van der Waals surface area contributed by atoms with Crippen molar-refractivity contribution in [2.45, 2.75) is 44.4 Å². The van der Waals surface area contributed by atoms with Crippen molar-refractivity contribution >= 4 is 5.78 Å². The van der Waals surface area contributed by atoms with Crippen molar-refractivity contribution in [2.75, 3.05) is 0 Å². The summed E-state index contributed by atoms with van der Waals surface area (Å²) in [5.74, 6) is 1.18. The molecular formula is C21H24O. The van der Waals surface area contributed by atoms with Gasteiger partial charge in [-0.1, -0.05) is 67.1 Å². The highest BCUT2D eigenvalue weighted by atomic mass is 16.1.